The lowest BCUT2D eigenvalue weighted by molar-refractivity contribution is -0.120. The molecule has 0 saturated carbocycles. The number of nitrogens with one attached hydrogen (secondary N) is 1. The summed E-state index contributed by atoms with van der Waals surface area (Å²) in [4.78, 5) is 30.1. The van der Waals surface area contributed by atoms with Gasteiger partial charge in [-0.3, -0.25) is 9.59 Å². The molecule has 170 valence electrons. The Morgan fingerprint density at radius 3 is 2.69 bits per heavy atom. The summed E-state index contributed by atoms with van der Waals surface area (Å²) in [7, 11) is 0. The molecule has 0 bridgehead atoms. The maximum absolute atomic E-state index is 13.1. The molecule has 3 rings (SSSR count). The lowest BCUT2D eigenvalue weighted by Crippen LogP contribution is -2.33. The molecule has 32 heavy (non-hydrogen) atoms. The van der Waals surface area contributed by atoms with E-state index < -0.39 is 0 Å². The van der Waals surface area contributed by atoms with E-state index in [0.29, 0.717) is 42.4 Å². The number of nitrogens with zero attached hydrogens (tertiary/aromatic N) is 3. The Morgan fingerprint density at radius 2 is 2.03 bits per heavy atom. The van der Waals surface area contributed by atoms with Crippen molar-refractivity contribution in [3.8, 4) is 0 Å². The van der Waals surface area contributed by atoms with Crippen LogP contribution in [0, 0.1) is 13.8 Å². The molecule has 0 radical (unpaired) electrons. The SMILES string of the molecule is CCc1cnn(CCc2nc(C)oc2C)c(=O)c1CC(=O)NCc1cc(Cl)ccc1CN. The molecule has 3 aromatic rings. The van der Waals surface area contributed by atoms with Crippen LogP contribution in [0.2, 0.25) is 5.02 Å². The number of benzene rings is 1. The van der Waals surface area contributed by atoms with Crippen molar-refractivity contribution in [1.82, 2.24) is 20.1 Å². The maximum atomic E-state index is 13.1. The molecule has 0 atom stereocenters. The second-order valence-electron chi connectivity index (χ2n) is 7.59. The lowest BCUT2D eigenvalue weighted by atomic mass is 10.1. The molecule has 9 heteroatoms. The number of nitrogens with two attached hydrogens (primary N) is 1. The summed E-state index contributed by atoms with van der Waals surface area (Å²) in [6, 6.07) is 5.40. The van der Waals surface area contributed by atoms with Crippen molar-refractivity contribution < 1.29 is 9.21 Å². The Kier molecular flexibility index (Phi) is 7.82. The van der Waals surface area contributed by atoms with E-state index in [4.69, 9.17) is 21.8 Å². The predicted octanol–water partition coefficient (Wildman–Crippen LogP) is 2.62. The van der Waals surface area contributed by atoms with Crippen LogP contribution < -0.4 is 16.6 Å². The molecule has 3 N–H and O–H groups in total. The summed E-state index contributed by atoms with van der Waals surface area (Å²) in [5.74, 6) is 1.08. The highest BCUT2D eigenvalue weighted by Crippen LogP contribution is 2.16. The van der Waals surface area contributed by atoms with Gasteiger partial charge in [-0.05, 0) is 42.2 Å². The van der Waals surface area contributed by atoms with Crippen LogP contribution in [-0.2, 0) is 43.7 Å². The number of halogens is 1. The number of oxazole rings is 1. The third kappa shape index (κ3) is 5.63. The number of rotatable bonds is 9. The molecule has 0 aliphatic carbocycles. The summed E-state index contributed by atoms with van der Waals surface area (Å²) >= 11 is 6.07. The van der Waals surface area contributed by atoms with Gasteiger partial charge in [-0.25, -0.2) is 9.67 Å². The first-order chi connectivity index (χ1) is 15.3. The van der Waals surface area contributed by atoms with Gasteiger partial charge in [-0.2, -0.15) is 5.10 Å². The molecule has 0 aliphatic rings. The van der Waals surface area contributed by atoms with Gasteiger partial charge in [0, 0.05) is 37.0 Å². The molecule has 0 saturated heterocycles. The minimum atomic E-state index is -0.261. The van der Waals surface area contributed by atoms with Gasteiger partial charge in [0.05, 0.1) is 24.9 Å². The smallest absolute Gasteiger partial charge is 0.270 e. The van der Waals surface area contributed by atoms with Crippen molar-refractivity contribution >= 4 is 17.5 Å². The zero-order valence-corrected chi connectivity index (χ0v) is 19.3. The van der Waals surface area contributed by atoms with E-state index in [-0.39, 0.29) is 24.4 Å². The predicted molar refractivity (Wildman–Crippen MR) is 122 cm³/mol. The topological polar surface area (TPSA) is 116 Å². The fraction of sp³-hybridized carbons (Fsp3) is 0.391. The Hall–Kier alpha value is -2.97. The lowest BCUT2D eigenvalue weighted by Gasteiger charge is -2.12. The number of hydrogen-bond donors (Lipinski definition) is 2. The largest absolute Gasteiger partial charge is 0.446 e. The average Bonchev–Trinajstić information content (AvgIpc) is 3.09. The van der Waals surface area contributed by atoms with Crippen molar-refractivity contribution in [3.05, 3.63) is 79.4 Å². The monoisotopic (exact) mass is 457 g/mol. The number of aromatic nitrogens is 3. The van der Waals surface area contributed by atoms with Crippen LogP contribution in [0.15, 0.2) is 33.6 Å². The fourth-order valence-electron chi connectivity index (χ4n) is 3.61. The molecule has 2 heterocycles. The average molecular weight is 458 g/mol. The first kappa shape index (κ1) is 23.7. The quantitative estimate of drug-likeness (QED) is 0.510. The summed E-state index contributed by atoms with van der Waals surface area (Å²) in [5.41, 5.74) is 9.29. The number of carbonyl (C=O) groups is 1. The standard InChI is InChI=1S/C23H28ClN5O3/c1-4-16-13-27-29(8-7-21-14(2)32-15(3)28-21)23(31)20(16)10-22(30)26-12-18-9-19(24)6-5-17(18)11-25/h5-6,9,13H,4,7-8,10-12,25H2,1-3H3,(H,26,30). The van der Waals surface area contributed by atoms with E-state index >= 15 is 0 Å². The zero-order chi connectivity index (χ0) is 23.3. The Morgan fingerprint density at radius 1 is 1.25 bits per heavy atom. The van der Waals surface area contributed by atoms with E-state index in [2.05, 4.69) is 15.4 Å². The van der Waals surface area contributed by atoms with E-state index in [9.17, 15) is 9.59 Å². The van der Waals surface area contributed by atoms with Crippen molar-refractivity contribution in [2.45, 2.75) is 59.7 Å². The molecular weight excluding hydrogens is 430 g/mol. The van der Waals surface area contributed by atoms with E-state index in [1.54, 1.807) is 25.3 Å². The van der Waals surface area contributed by atoms with Gasteiger partial charge in [0.1, 0.15) is 5.76 Å². The molecule has 1 amide bonds. The van der Waals surface area contributed by atoms with Gasteiger partial charge in [0.15, 0.2) is 5.89 Å². The van der Waals surface area contributed by atoms with E-state index in [0.717, 1.165) is 28.1 Å². The Labute approximate surface area is 191 Å². The second-order valence-corrected chi connectivity index (χ2v) is 8.02. The van der Waals surface area contributed by atoms with Crippen LogP contribution in [0.5, 0.6) is 0 Å². The molecule has 8 nitrogen and oxygen atoms in total. The van der Waals surface area contributed by atoms with Crippen LogP contribution in [0.4, 0.5) is 0 Å². The van der Waals surface area contributed by atoms with Crippen LogP contribution in [0.1, 0.15) is 46.5 Å². The summed E-state index contributed by atoms with van der Waals surface area (Å²) in [6.07, 6.45) is 2.77. The summed E-state index contributed by atoms with van der Waals surface area (Å²) in [5, 5.41) is 7.73. The van der Waals surface area contributed by atoms with Crippen LogP contribution in [0.3, 0.4) is 0 Å². The first-order valence-corrected chi connectivity index (χ1v) is 10.9. The molecule has 0 aliphatic heterocycles. The molecule has 2 aromatic heterocycles. The number of aryl methyl sites for hydroxylation is 5. The normalized spacial score (nSPS) is 11.0. The maximum Gasteiger partial charge on any atom is 0.270 e. The van der Waals surface area contributed by atoms with Crippen LogP contribution >= 0.6 is 11.6 Å². The number of amides is 1. The fourth-order valence-corrected chi connectivity index (χ4v) is 3.80. The zero-order valence-electron chi connectivity index (χ0n) is 18.6. The van der Waals surface area contributed by atoms with Crippen LogP contribution in [-0.4, -0.2) is 20.7 Å². The highest BCUT2D eigenvalue weighted by molar-refractivity contribution is 6.30. The molecule has 0 fully saturated rings. The Bertz CT molecular complexity index is 1170. The molecular formula is C23H28ClN5O3. The minimum absolute atomic E-state index is 0.0227. The van der Waals surface area contributed by atoms with Crippen molar-refractivity contribution in [1.29, 1.82) is 0 Å². The van der Waals surface area contributed by atoms with Gasteiger partial charge >= 0.3 is 0 Å². The highest BCUT2D eigenvalue weighted by Gasteiger charge is 2.16. The third-order valence-electron chi connectivity index (χ3n) is 5.38. The van der Waals surface area contributed by atoms with Crippen molar-refractivity contribution in [3.63, 3.8) is 0 Å². The Balaban J connectivity index is 1.73. The van der Waals surface area contributed by atoms with Crippen LogP contribution in [0.25, 0.3) is 0 Å². The summed E-state index contributed by atoms with van der Waals surface area (Å²) < 4.78 is 6.83. The van der Waals surface area contributed by atoms with Gasteiger partial charge in [0.25, 0.3) is 5.56 Å². The molecule has 0 spiro atoms. The van der Waals surface area contributed by atoms with Gasteiger partial charge in [-0.15, -0.1) is 0 Å². The van der Waals surface area contributed by atoms with Gasteiger partial charge in [-0.1, -0.05) is 24.6 Å². The minimum Gasteiger partial charge on any atom is -0.446 e. The third-order valence-corrected chi connectivity index (χ3v) is 5.61. The molecule has 0 unspecified atom stereocenters. The first-order valence-electron chi connectivity index (χ1n) is 10.6. The van der Waals surface area contributed by atoms with E-state index in [1.807, 2.05) is 19.9 Å². The van der Waals surface area contributed by atoms with Gasteiger partial charge < -0.3 is 15.5 Å². The van der Waals surface area contributed by atoms with Crippen molar-refractivity contribution in [2.75, 3.05) is 0 Å². The van der Waals surface area contributed by atoms with Crippen molar-refractivity contribution in [2.24, 2.45) is 5.73 Å². The number of hydrogen-bond acceptors (Lipinski definition) is 6. The highest BCUT2D eigenvalue weighted by atomic mass is 35.5. The number of carbonyl (C=O) groups excluding carboxylic acids is 1. The second kappa shape index (κ2) is 10.6. The summed E-state index contributed by atoms with van der Waals surface area (Å²) in [6.45, 7) is 6.56. The molecule has 1 aromatic carbocycles. The van der Waals surface area contributed by atoms with Gasteiger partial charge in [0.2, 0.25) is 5.91 Å². The van der Waals surface area contributed by atoms with E-state index in [1.165, 1.54) is 4.68 Å².